The van der Waals surface area contributed by atoms with Crippen LogP contribution in [0.1, 0.15) is 48.0 Å². The van der Waals surface area contributed by atoms with Gasteiger partial charge >= 0.3 is 5.97 Å². The minimum Gasteiger partial charge on any atom is -0.450 e. The van der Waals surface area contributed by atoms with Crippen LogP contribution < -0.4 is 0 Å². The number of carbonyl (C=O) groups excluding carboxylic acids is 1. The van der Waals surface area contributed by atoms with Gasteiger partial charge in [-0.25, -0.2) is 0 Å². The summed E-state index contributed by atoms with van der Waals surface area (Å²) in [6.45, 7) is 11.8. The van der Waals surface area contributed by atoms with Gasteiger partial charge in [-0.15, -0.1) is 0 Å². The molecule has 2 nitrogen and oxygen atoms in total. The molecule has 0 saturated carbocycles. The second-order valence-electron chi connectivity index (χ2n) is 4.33. The van der Waals surface area contributed by atoms with Crippen molar-refractivity contribution in [2.24, 2.45) is 0 Å². The van der Waals surface area contributed by atoms with E-state index in [1.165, 1.54) is 23.6 Å². The van der Waals surface area contributed by atoms with Crippen LogP contribution in [0.3, 0.4) is 0 Å². The van der Waals surface area contributed by atoms with Crippen LogP contribution >= 0.6 is 0 Å². The maximum atomic E-state index is 11.2. The van der Waals surface area contributed by atoms with Crippen LogP contribution in [0.4, 0.5) is 0 Å². The zero-order valence-electron chi connectivity index (χ0n) is 10.5. The molecule has 0 aromatic heterocycles. The lowest BCUT2D eigenvalue weighted by Crippen LogP contribution is -2.32. The molecule has 1 unspecified atom stereocenters. The van der Waals surface area contributed by atoms with Gasteiger partial charge in [0.2, 0.25) is 0 Å². The van der Waals surface area contributed by atoms with Gasteiger partial charge in [-0.3, -0.25) is 4.79 Å². The molecule has 0 fully saturated rings. The van der Waals surface area contributed by atoms with Gasteiger partial charge < -0.3 is 4.74 Å². The molecule has 0 amide bonds. The third-order valence-electron chi connectivity index (χ3n) is 3.57. The lowest BCUT2D eigenvalue weighted by molar-refractivity contribution is -0.149. The van der Waals surface area contributed by atoms with Crippen molar-refractivity contribution in [2.45, 2.75) is 53.6 Å². The first-order valence-electron chi connectivity index (χ1n) is 5.42. The molecule has 0 radical (unpaired) electrons. The Bertz CT molecular complexity index is 361. The Kier molecular flexibility index (Phi) is 3.08. The minimum absolute atomic E-state index is 0.217. The van der Waals surface area contributed by atoms with E-state index in [4.69, 9.17) is 4.74 Å². The van der Waals surface area contributed by atoms with Crippen LogP contribution in [0, 0.1) is 0 Å². The van der Waals surface area contributed by atoms with Crippen molar-refractivity contribution < 1.29 is 9.53 Å². The number of hydrogen-bond acceptors (Lipinski definition) is 2. The monoisotopic (exact) mass is 208 g/mol. The molecule has 84 valence electrons. The molecule has 0 bridgehead atoms. The Hall–Kier alpha value is -1.05. The van der Waals surface area contributed by atoms with Gasteiger partial charge in [-0.1, -0.05) is 6.92 Å². The molecular formula is C13H20O2. The Morgan fingerprint density at radius 2 is 1.80 bits per heavy atom. The standard InChI is InChI=1S/C13H20O2/c1-7-12-9(3)8(2)10(4)13(12,6)15-11(5)14/h7H2,1-6H3. The Balaban J connectivity index is 3.23. The van der Waals surface area contributed by atoms with Crippen molar-refractivity contribution in [2.75, 3.05) is 0 Å². The van der Waals surface area contributed by atoms with Crippen LogP contribution in [-0.4, -0.2) is 11.6 Å². The number of esters is 1. The van der Waals surface area contributed by atoms with E-state index in [1.54, 1.807) is 0 Å². The predicted molar refractivity (Wildman–Crippen MR) is 61.5 cm³/mol. The van der Waals surface area contributed by atoms with E-state index in [9.17, 15) is 4.79 Å². The van der Waals surface area contributed by atoms with Gasteiger partial charge in [0, 0.05) is 6.92 Å². The Morgan fingerprint density at radius 1 is 1.27 bits per heavy atom. The zero-order chi connectivity index (χ0) is 11.8. The number of ether oxygens (including phenoxy) is 1. The molecule has 1 atom stereocenters. The van der Waals surface area contributed by atoms with Crippen molar-refractivity contribution in [3.63, 3.8) is 0 Å². The van der Waals surface area contributed by atoms with Crippen molar-refractivity contribution in [1.29, 1.82) is 0 Å². The van der Waals surface area contributed by atoms with Crippen LogP contribution in [0.25, 0.3) is 0 Å². The Labute approximate surface area is 92.0 Å². The van der Waals surface area contributed by atoms with Crippen molar-refractivity contribution >= 4 is 5.97 Å². The second kappa shape index (κ2) is 3.84. The fourth-order valence-electron chi connectivity index (χ4n) is 2.48. The van der Waals surface area contributed by atoms with E-state index in [2.05, 4.69) is 20.8 Å². The lowest BCUT2D eigenvalue weighted by atomic mass is 9.90. The summed E-state index contributed by atoms with van der Waals surface area (Å²) in [5, 5.41) is 0. The third-order valence-corrected chi connectivity index (χ3v) is 3.57. The van der Waals surface area contributed by atoms with Gasteiger partial charge in [0.1, 0.15) is 0 Å². The quantitative estimate of drug-likeness (QED) is 0.650. The van der Waals surface area contributed by atoms with E-state index < -0.39 is 5.60 Å². The number of allylic oxidation sites excluding steroid dienone is 2. The molecule has 1 aliphatic rings. The second-order valence-corrected chi connectivity index (χ2v) is 4.33. The fourth-order valence-corrected chi connectivity index (χ4v) is 2.48. The highest BCUT2D eigenvalue weighted by Gasteiger charge is 2.40. The number of rotatable bonds is 2. The molecule has 1 aliphatic carbocycles. The predicted octanol–water partition coefficient (Wildman–Crippen LogP) is 3.38. The van der Waals surface area contributed by atoms with Gasteiger partial charge in [-0.2, -0.15) is 0 Å². The van der Waals surface area contributed by atoms with Gasteiger partial charge in [0.05, 0.1) is 0 Å². The van der Waals surface area contributed by atoms with Gasteiger partial charge in [0.25, 0.3) is 0 Å². The number of carbonyl (C=O) groups is 1. The highest BCUT2D eigenvalue weighted by atomic mass is 16.6. The van der Waals surface area contributed by atoms with E-state index >= 15 is 0 Å². The number of hydrogen-bond donors (Lipinski definition) is 0. The molecule has 0 N–H and O–H groups in total. The van der Waals surface area contributed by atoms with Crippen molar-refractivity contribution in [1.82, 2.24) is 0 Å². The molecule has 15 heavy (non-hydrogen) atoms. The topological polar surface area (TPSA) is 26.3 Å². The van der Waals surface area contributed by atoms with Crippen LogP contribution in [-0.2, 0) is 9.53 Å². The molecule has 1 rings (SSSR count). The van der Waals surface area contributed by atoms with Crippen LogP contribution in [0.5, 0.6) is 0 Å². The average Bonchev–Trinajstić information content (AvgIpc) is 2.28. The highest BCUT2D eigenvalue weighted by Crippen LogP contribution is 2.43. The molecule has 0 aliphatic heterocycles. The molecule has 0 spiro atoms. The summed E-state index contributed by atoms with van der Waals surface area (Å²) in [6.07, 6.45) is 0.921. The maximum absolute atomic E-state index is 11.2. The van der Waals surface area contributed by atoms with E-state index in [0.29, 0.717) is 0 Å². The minimum atomic E-state index is -0.505. The summed E-state index contributed by atoms with van der Waals surface area (Å²) in [6, 6.07) is 0. The highest BCUT2D eigenvalue weighted by molar-refractivity contribution is 5.69. The van der Waals surface area contributed by atoms with E-state index in [1.807, 2.05) is 13.8 Å². The Morgan fingerprint density at radius 3 is 2.20 bits per heavy atom. The van der Waals surface area contributed by atoms with Gasteiger partial charge in [0.15, 0.2) is 5.60 Å². The van der Waals surface area contributed by atoms with E-state index in [-0.39, 0.29) is 5.97 Å². The largest absolute Gasteiger partial charge is 0.450 e. The molecule has 0 aromatic carbocycles. The summed E-state index contributed by atoms with van der Waals surface area (Å²) in [5.41, 5.74) is 4.42. The molecule has 0 aromatic rings. The zero-order valence-corrected chi connectivity index (χ0v) is 10.5. The summed E-state index contributed by atoms with van der Waals surface area (Å²) in [7, 11) is 0. The van der Waals surface area contributed by atoms with Gasteiger partial charge in [-0.05, 0) is 56.4 Å². The van der Waals surface area contributed by atoms with E-state index in [0.717, 1.165) is 12.0 Å². The summed E-state index contributed by atoms with van der Waals surface area (Å²) >= 11 is 0. The van der Waals surface area contributed by atoms with Crippen molar-refractivity contribution in [3.8, 4) is 0 Å². The smallest absolute Gasteiger partial charge is 0.303 e. The van der Waals surface area contributed by atoms with Crippen molar-refractivity contribution in [3.05, 3.63) is 22.3 Å². The lowest BCUT2D eigenvalue weighted by Gasteiger charge is -2.29. The molecule has 0 saturated heterocycles. The van der Waals surface area contributed by atoms with Crippen LogP contribution in [0.15, 0.2) is 22.3 Å². The first-order valence-corrected chi connectivity index (χ1v) is 5.42. The molecular weight excluding hydrogens is 188 g/mol. The molecule has 2 heteroatoms. The normalized spacial score (nSPS) is 26.3. The first kappa shape index (κ1) is 12.0. The first-order chi connectivity index (χ1) is 6.84. The molecule has 0 heterocycles. The third kappa shape index (κ3) is 1.73. The fraction of sp³-hybridized carbons (Fsp3) is 0.615. The SMILES string of the molecule is CCC1=C(C)C(C)=C(C)C1(C)OC(C)=O. The maximum Gasteiger partial charge on any atom is 0.303 e. The summed E-state index contributed by atoms with van der Waals surface area (Å²) in [4.78, 5) is 11.2. The summed E-state index contributed by atoms with van der Waals surface area (Å²) in [5.74, 6) is -0.217. The average molecular weight is 208 g/mol. The van der Waals surface area contributed by atoms with Crippen LogP contribution in [0.2, 0.25) is 0 Å². The summed E-state index contributed by atoms with van der Waals surface area (Å²) < 4.78 is 5.50.